The number of hydrogen-bond acceptors (Lipinski definition) is 4. The highest BCUT2D eigenvalue weighted by atomic mass is 16.2. The number of rotatable bonds is 3. The fraction of sp³-hybridized carbons (Fsp3) is 0.692. The van der Waals surface area contributed by atoms with Gasteiger partial charge in [0.15, 0.2) is 0 Å². The van der Waals surface area contributed by atoms with Gasteiger partial charge in [0.25, 0.3) is 5.56 Å². The number of nitrogens with one attached hydrogen (secondary N) is 2. The molecule has 2 rings (SSSR count). The van der Waals surface area contributed by atoms with Gasteiger partial charge in [-0.25, -0.2) is 4.79 Å². The molecule has 1 fully saturated rings. The summed E-state index contributed by atoms with van der Waals surface area (Å²) < 4.78 is 1.24. The van der Waals surface area contributed by atoms with E-state index in [0.717, 1.165) is 12.5 Å². The van der Waals surface area contributed by atoms with Crippen molar-refractivity contribution in [1.29, 1.82) is 0 Å². The molecule has 1 aliphatic carbocycles. The molecule has 4 N–H and O–H groups in total. The van der Waals surface area contributed by atoms with Gasteiger partial charge in [-0.1, -0.05) is 19.8 Å². The molecule has 6 heteroatoms. The van der Waals surface area contributed by atoms with Gasteiger partial charge in [-0.2, -0.15) is 0 Å². The van der Waals surface area contributed by atoms with E-state index >= 15 is 0 Å². The van der Waals surface area contributed by atoms with Crippen LogP contribution in [0.1, 0.15) is 32.6 Å². The smallest absolute Gasteiger partial charge is 0.329 e. The van der Waals surface area contributed by atoms with Crippen molar-refractivity contribution in [3.8, 4) is 0 Å². The molecule has 1 heterocycles. The van der Waals surface area contributed by atoms with Crippen molar-refractivity contribution in [2.75, 3.05) is 17.6 Å². The van der Waals surface area contributed by atoms with Crippen molar-refractivity contribution >= 4 is 11.5 Å². The molecule has 106 valence electrons. The van der Waals surface area contributed by atoms with Crippen LogP contribution in [-0.4, -0.2) is 16.1 Å². The molecule has 1 aliphatic rings. The summed E-state index contributed by atoms with van der Waals surface area (Å²) in [4.78, 5) is 25.3. The number of nitrogen functional groups attached to an aromatic ring is 1. The standard InChI is InChI=1S/C13H22N4O2/c1-8-3-5-9(6-4-8)7-15-10-11(14)17(2)13(19)16-12(10)18/h8-9,15H,3-7,14H2,1-2H3,(H,16,18,19)/t8-,9-. The fourth-order valence-electron chi connectivity index (χ4n) is 2.59. The zero-order valence-corrected chi connectivity index (χ0v) is 11.5. The second-order valence-corrected chi connectivity index (χ2v) is 5.59. The lowest BCUT2D eigenvalue weighted by atomic mass is 9.83. The minimum atomic E-state index is -0.487. The Morgan fingerprint density at radius 3 is 2.58 bits per heavy atom. The van der Waals surface area contributed by atoms with E-state index in [0.29, 0.717) is 11.6 Å². The second kappa shape index (κ2) is 5.50. The van der Waals surface area contributed by atoms with Gasteiger partial charge < -0.3 is 11.1 Å². The highest BCUT2D eigenvalue weighted by Gasteiger charge is 2.19. The van der Waals surface area contributed by atoms with Crippen molar-refractivity contribution < 1.29 is 0 Å². The molecule has 0 saturated heterocycles. The Bertz CT molecular complexity index is 553. The van der Waals surface area contributed by atoms with Crippen LogP contribution in [-0.2, 0) is 7.05 Å². The van der Waals surface area contributed by atoms with Crippen LogP contribution in [0.15, 0.2) is 9.59 Å². The van der Waals surface area contributed by atoms with Gasteiger partial charge in [0.2, 0.25) is 0 Å². The summed E-state index contributed by atoms with van der Waals surface area (Å²) in [5, 5.41) is 3.11. The first-order chi connectivity index (χ1) is 8.99. The summed E-state index contributed by atoms with van der Waals surface area (Å²) in [6, 6.07) is 0. The SMILES string of the molecule is Cn1c(N)c(NC[C@H]2CC[C@H](C)CC2)c(=O)[nH]c1=O. The number of aromatic amines is 1. The zero-order chi connectivity index (χ0) is 14.0. The number of nitrogens with two attached hydrogens (primary N) is 1. The van der Waals surface area contributed by atoms with Crippen molar-refractivity contribution in [3.63, 3.8) is 0 Å². The molecule has 0 bridgehead atoms. The second-order valence-electron chi connectivity index (χ2n) is 5.59. The highest BCUT2D eigenvalue weighted by molar-refractivity contribution is 5.60. The Kier molecular flexibility index (Phi) is 3.97. The molecule has 0 radical (unpaired) electrons. The summed E-state index contributed by atoms with van der Waals surface area (Å²) in [6.07, 6.45) is 4.84. The average Bonchev–Trinajstić information content (AvgIpc) is 2.38. The Balaban J connectivity index is 2.06. The largest absolute Gasteiger partial charge is 0.383 e. The van der Waals surface area contributed by atoms with E-state index in [2.05, 4.69) is 17.2 Å². The molecule has 19 heavy (non-hydrogen) atoms. The Labute approximate surface area is 112 Å². The van der Waals surface area contributed by atoms with Crippen molar-refractivity contribution in [3.05, 3.63) is 20.8 Å². The lowest BCUT2D eigenvalue weighted by molar-refractivity contribution is 0.300. The Morgan fingerprint density at radius 2 is 1.95 bits per heavy atom. The van der Waals surface area contributed by atoms with E-state index in [1.54, 1.807) is 7.05 Å². The summed E-state index contributed by atoms with van der Waals surface area (Å²) in [5.74, 6) is 1.58. The maximum atomic E-state index is 11.7. The minimum absolute atomic E-state index is 0.193. The van der Waals surface area contributed by atoms with Crippen molar-refractivity contribution in [2.24, 2.45) is 18.9 Å². The van der Waals surface area contributed by atoms with E-state index in [9.17, 15) is 9.59 Å². The normalized spacial score (nSPS) is 23.3. The third-order valence-electron chi connectivity index (χ3n) is 4.07. The summed E-state index contributed by atoms with van der Waals surface area (Å²) in [6.45, 7) is 3.01. The average molecular weight is 266 g/mol. The maximum Gasteiger partial charge on any atom is 0.329 e. The molecule has 1 saturated carbocycles. The van der Waals surface area contributed by atoms with Gasteiger partial charge in [-0.3, -0.25) is 14.3 Å². The number of H-pyrrole nitrogens is 1. The van der Waals surface area contributed by atoms with Crippen LogP contribution in [0.2, 0.25) is 0 Å². The fourth-order valence-corrected chi connectivity index (χ4v) is 2.59. The number of nitrogens with zero attached hydrogens (tertiary/aromatic N) is 1. The van der Waals surface area contributed by atoms with Gasteiger partial charge in [0.05, 0.1) is 0 Å². The first-order valence-corrected chi connectivity index (χ1v) is 6.81. The summed E-state index contributed by atoms with van der Waals surface area (Å²) >= 11 is 0. The van der Waals surface area contributed by atoms with E-state index in [1.807, 2.05) is 0 Å². The van der Waals surface area contributed by atoms with Gasteiger partial charge in [0.1, 0.15) is 11.5 Å². The van der Waals surface area contributed by atoms with Gasteiger partial charge in [-0.05, 0) is 24.7 Å². The number of aromatic nitrogens is 2. The van der Waals surface area contributed by atoms with E-state index in [1.165, 1.54) is 30.3 Å². The first-order valence-electron chi connectivity index (χ1n) is 6.81. The molecule has 0 aromatic carbocycles. The predicted octanol–water partition coefficient (Wildman–Crippen LogP) is 0.894. The van der Waals surface area contributed by atoms with Crippen LogP contribution in [0.5, 0.6) is 0 Å². The van der Waals surface area contributed by atoms with Crippen LogP contribution in [0.4, 0.5) is 11.5 Å². The predicted molar refractivity (Wildman–Crippen MR) is 76.3 cm³/mol. The van der Waals surface area contributed by atoms with Gasteiger partial charge >= 0.3 is 5.69 Å². The molecule has 0 atom stereocenters. The third kappa shape index (κ3) is 3.00. The topological polar surface area (TPSA) is 92.9 Å². The van der Waals surface area contributed by atoms with E-state index < -0.39 is 11.2 Å². The lowest BCUT2D eigenvalue weighted by Crippen LogP contribution is -2.33. The first kappa shape index (κ1) is 13.7. The molecule has 0 aliphatic heterocycles. The number of hydrogen-bond donors (Lipinski definition) is 3. The van der Waals surface area contributed by atoms with Crippen LogP contribution >= 0.6 is 0 Å². The molecule has 0 amide bonds. The van der Waals surface area contributed by atoms with Crippen LogP contribution in [0, 0.1) is 11.8 Å². The van der Waals surface area contributed by atoms with E-state index in [4.69, 9.17) is 5.73 Å². The molecular formula is C13H22N4O2. The quantitative estimate of drug-likeness (QED) is 0.757. The molecule has 6 nitrogen and oxygen atoms in total. The zero-order valence-electron chi connectivity index (χ0n) is 11.5. The molecule has 1 aromatic heterocycles. The van der Waals surface area contributed by atoms with Gasteiger partial charge in [-0.15, -0.1) is 0 Å². The minimum Gasteiger partial charge on any atom is -0.383 e. The van der Waals surface area contributed by atoms with E-state index in [-0.39, 0.29) is 5.82 Å². The third-order valence-corrected chi connectivity index (χ3v) is 4.07. The Morgan fingerprint density at radius 1 is 1.32 bits per heavy atom. The molecule has 1 aromatic rings. The molecule has 0 spiro atoms. The highest BCUT2D eigenvalue weighted by Crippen LogP contribution is 2.28. The monoisotopic (exact) mass is 266 g/mol. The lowest BCUT2D eigenvalue weighted by Gasteiger charge is -2.26. The van der Waals surface area contributed by atoms with Crippen molar-refractivity contribution in [1.82, 2.24) is 9.55 Å². The Hall–Kier alpha value is -1.72. The van der Waals surface area contributed by atoms with Crippen LogP contribution < -0.4 is 22.3 Å². The summed E-state index contributed by atoms with van der Waals surface area (Å²) in [5.41, 5.74) is 5.18. The van der Waals surface area contributed by atoms with Crippen LogP contribution in [0.3, 0.4) is 0 Å². The van der Waals surface area contributed by atoms with Crippen molar-refractivity contribution in [2.45, 2.75) is 32.6 Å². The number of anilines is 2. The summed E-state index contributed by atoms with van der Waals surface area (Å²) in [7, 11) is 1.54. The van der Waals surface area contributed by atoms with Gasteiger partial charge in [0, 0.05) is 13.6 Å². The molecule has 0 unspecified atom stereocenters. The maximum absolute atomic E-state index is 11.7. The van der Waals surface area contributed by atoms with Crippen LogP contribution in [0.25, 0.3) is 0 Å². The molecular weight excluding hydrogens is 244 g/mol.